The topological polar surface area (TPSA) is 69.3 Å². The van der Waals surface area contributed by atoms with Gasteiger partial charge in [0.25, 0.3) is 10.2 Å². The quantitative estimate of drug-likeness (QED) is 0.866. The van der Waals surface area contributed by atoms with Gasteiger partial charge in [-0.2, -0.15) is 22.1 Å². The summed E-state index contributed by atoms with van der Waals surface area (Å²) in [6, 6.07) is 0. The summed E-state index contributed by atoms with van der Waals surface area (Å²) in [5, 5.41) is 7.07. The molecule has 1 aromatic rings. The summed E-state index contributed by atoms with van der Waals surface area (Å²) < 4.78 is 28.4. The molecule has 1 fully saturated rings. The lowest BCUT2D eigenvalue weighted by atomic mass is 9.94. The standard InChI is InChI=1S/C14H26N4O2S/c1-4-17(5-2)21(19,20)18-8-6-7-13(11-18)9-14-12(3)10-15-16-14/h10,13H,4-9,11H2,1-3H3,(H,15,16). The molecular weight excluding hydrogens is 288 g/mol. The van der Waals surface area contributed by atoms with Gasteiger partial charge in [0, 0.05) is 31.9 Å². The predicted molar refractivity (Wildman–Crippen MR) is 83.2 cm³/mol. The first kappa shape index (κ1) is 16.5. The van der Waals surface area contributed by atoms with Gasteiger partial charge < -0.3 is 0 Å². The van der Waals surface area contributed by atoms with E-state index in [2.05, 4.69) is 10.2 Å². The highest BCUT2D eigenvalue weighted by Crippen LogP contribution is 2.24. The lowest BCUT2D eigenvalue weighted by Gasteiger charge is -2.35. The van der Waals surface area contributed by atoms with Crippen molar-refractivity contribution in [2.75, 3.05) is 26.2 Å². The molecule has 1 N–H and O–H groups in total. The van der Waals surface area contributed by atoms with E-state index in [-0.39, 0.29) is 0 Å². The average Bonchev–Trinajstić information content (AvgIpc) is 2.86. The molecule has 1 atom stereocenters. The van der Waals surface area contributed by atoms with Crippen molar-refractivity contribution in [1.29, 1.82) is 0 Å². The molecule has 1 aliphatic rings. The highest BCUT2D eigenvalue weighted by atomic mass is 32.2. The van der Waals surface area contributed by atoms with Gasteiger partial charge in [-0.05, 0) is 37.7 Å². The van der Waals surface area contributed by atoms with E-state index in [0.717, 1.165) is 30.5 Å². The van der Waals surface area contributed by atoms with Crippen molar-refractivity contribution in [3.63, 3.8) is 0 Å². The first-order valence-electron chi connectivity index (χ1n) is 7.73. The van der Waals surface area contributed by atoms with Crippen LogP contribution in [0.5, 0.6) is 0 Å². The number of nitrogens with zero attached hydrogens (tertiary/aromatic N) is 3. The van der Waals surface area contributed by atoms with Crippen molar-refractivity contribution in [3.8, 4) is 0 Å². The van der Waals surface area contributed by atoms with E-state index in [9.17, 15) is 8.42 Å². The molecule has 0 amide bonds. The van der Waals surface area contributed by atoms with Crippen molar-refractivity contribution in [1.82, 2.24) is 18.8 Å². The lowest BCUT2D eigenvalue weighted by molar-refractivity contribution is 0.247. The minimum atomic E-state index is -3.31. The predicted octanol–water partition coefficient (Wildman–Crippen LogP) is 1.56. The van der Waals surface area contributed by atoms with Gasteiger partial charge in [0.2, 0.25) is 0 Å². The number of hydrogen-bond donors (Lipinski definition) is 1. The van der Waals surface area contributed by atoms with Gasteiger partial charge in [0.15, 0.2) is 0 Å². The maximum Gasteiger partial charge on any atom is 0.281 e. The first-order valence-corrected chi connectivity index (χ1v) is 9.12. The summed E-state index contributed by atoms with van der Waals surface area (Å²) in [5.74, 6) is 0.364. The molecule has 0 bridgehead atoms. The monoisotopic (exact) mass is 314 g/mol. The third-order valence-electron chi connectivity index (χ3n) is 4.27. The molecule has 1 saturated heterocycles. The second-order valence-corrected chi connectivity index (χ2v) is 7.62. The molecule has 0 spiro atoms. The number of piperidine rings is 1. The van der Waals surface area contributed by atoms with E-state index in [0.29, 0.717) is 32.1 Å². The third-order valence-corrected chi connectivity index (χ3v) is 6.42. The largest absolute Gasteiger partial charge is 0.282 e. The Morgan fingerprint density at radius 2 is 2.14 bits per heavy atom. The van der Waals surface area contributed by atoms with Crippen LogP contribution in [-0.2, 0) is 16.6 Å². The van der Waals surface area contributed by atoms with Crippen molar-refractivity contribution >= 4 is 10.2 Å². The normalized spacial score (nSPS) is 21.0. The molecule has 120 valence electrons. The molecular formula is C14H26N4O2S. The highest BCUT2D eigenvalue weighted by Gasteiger charge is 2.32. The van der Waals surface area contributed by atoms with E-state index in [1.165, 1.54) is 4.31 Å². The SMILES string of the molecule is CCN(CC)S(=O)(=O)N1CCCC(Cc2[nH]ncc2C)C1. The molecule has 6 nitrogen and oxygen atoms in total. The van der Waals surface area contributed by atoms with Crippen LogP contribution in [0.3, 0.4) is 0 Å². The van der Waals surface area contributed by atoms with Gasteiger partial charge in [-0.15, -0.1) is 0 Å². The second kappa shape index (κ2) is 6.89. The van der Waals surface area contributed by atoms with Crippen LogP contribution in [0.4, 0.5) is 0 Å². The second-order valence-electron chi connectivity index (χ2n) is 5.69. The number of aromatic nitrogens is 2. The van der Waals surface area contributed by atoms with E-state index in [4.69, 9.17) is 0 Å². The number of hydrogen-bond acceptors (Lipinski definition) is 3. The fourth-order valence-corrected chi connectivity index (χ4v) is 4.72. The van der Waals surface area contributed by atoms with Crippen LogP contribution in [0.15, 0.2) is 6.20 Å². The van der Waals surface area contributed by atoms with E-state index in [1.807, 2.05) is 27.0 Å². The van der Waals surface area contributed by atoms with Gasteiger partial charge in [0.05, 0.1) is 6.20 Å². The van der Waals surface area contributed by atoms with Crippen LogP contribution in [0.1, 0.15) is 37.9 Å². The van der Waals surface area contributed by atoms with Crippen molar-refractivity contribution in [2.24, 2.45) is 5.92 Å². The summed E-state index contributed by atoms with van der Waals surface area (Å²) in [5.41, 5.74) is 2.28. The summed E-state index contributed by atoms with van der Waals surface area (Å²) in [7, 11) is -3.31. The Bertz CT molecular complexity index is 551. The fraction of sp³-hybridized carbons (Fsp3) is 0.786. The molecule has 1 unspecified atom stereocenters. The first-order chi connectivity index (χ1) is 9.98. The zero-order valence-corrected chi connectivity index (χ0v) is 14.0. The smallest absolute Gasteiger partial charge is 0.281 e. The molecule has 1 aliphatic heterocycles. The zero-order chi connectivity index (χ0) is 15.5. The molecule has 0 radical (unpaired) electrons. The summed E-state index contributed by atoms with van der Waals surface area (Å²) in [6.45, 7) is 8.10. The van der Waals surface area contributed by atoms with Gasteiger partial charge in [-0.3, -0.25) is 5.10 Å². The Balaban J connectivity index is 2.05. The zero-order valence-electron chi connectivity index (χ0n) is 13.2. The van der Waals surface area contributed by atoms with Crippen LogP contribution >= 0.6 is 0 Å². The molecule has 21 heavy (non-hydrogen) atoms. The molecule has 0 saturated carbocycles. The van der Waals surface area contributed by atoms with Gasteiger partial charge in [-0.25, -0.2) is 0 Å². The van der Waals surface area contributed by atoms with Crippen molar-refractivity contribution in [3.05, 3.63) is 17.5 Å². The fourth-order valence-electron chi connectivity index (χ4n) is 2.98. The molecule has 0 aromatic carbocycles. The van der Waals surface area contributed by atoms with Crippen LogP contribution in [-0.4, -0.2) is 53.4 Å². The van der Waals surface area contributed by atoms with Crippen LogP contribution in [0.25, 0.3) is 0 Å². The molecule has 1 aromatic heterocycles. The number of nitrogens with one attached hydrogen (secondary N) is 1. The Morgan fingerprint density at radius 1 is 1.43 bits per heavy atom. The molecule has 2 heterocycles. The minimum absolute atomic E-state index is 0.364. The Hall–Kier alpha value is -0.920. The lowest BCUT2D eigenvalue weighted by Crippen LogP contribution is -2.48. The molecule has 2 rings (SSSR count). The Kier molecular flexibility index (Phi) is 5.40. The number of rotatable bonds is 6. The van der Waals surface area contributed by atoms with Crippen LogP contribution < -0.4 is 0 Å². The Labute approximate surface area is 127 Å². The third kappa shape index (κ3) is 3.64. The summed E-state index contributed by atoms with van der Waals surface area (Å²) >= 11 is 0. The van der Waals surface area contributed by atoms with Crippen molar-refractivity contribution < 1.29 is 8.42 Å². The minimum Gasteiger partial charge on any atom is -0.282 e. The maximum absolute atomic E-state index is 12.6. The van der Waals surface area contributed by atoms with Crippen LogP contribution in [0, 0.1) is 12.8 Å². The number of aryl methyl sites for hydroxylation is 1. The maximum atomic E-state index is 12.6. The van der Waals surface area contributed by atoms with E-state index >= 15 is 0 Å². The van der Waals surface area contributed by atoms with Gasteiger partial charge in [0.1, 0.15) is 0 Å². The number of aromatic amines is 1. The highest BCUT2D eigenvalue weighted by molar-refractivity contribution is 7.86. The van der Waals surface area contributed by atoms with E-state index in [1.54, 1.807) is 4.31 Å². The average molecular weight is 314 g/mol. The molecule has 7 heteroatoms. The summed E-state index contributed by atoms with van der Waals surface area (Å²) in [6.07, 6.45) is 4.69. The van der Waals surface area contributed by atoms with Crippen molar-refractivity contribution in [2.45, 2.75) is 40.0 Å². The summed E-state index contributed by atoms with van der Waals surface area (Å²) in [4.78, 5) is 0. The Morgan fingerprint density at radius 3 is 2.71 bits per heavy atom. The molecule has 0 aliphatic carbocycles. The van der Waals surface area contributed by atoms with Gasteiger partial charge in [-0.1, -0.05) is 13.8 Å². The van der Waals surface area contributed by atoms with Crippen LogP contribution in [0.2, 0.25) is 0 Å². The number of H-pyrrole nitrogens is 1. The van der Waals surface area contributed by atoms with Gasteiger partial charge >= 0.3 is 0 Å². The van der Waals surface area contributed by atoms with E-state index < -0.39 is 10.2 Å².